The summed E-state index contributed by atoms with van der Waals surface area (Å²) in [6.45, 7) is 7.68. The van der Waals surface area contributed by atoms with Crippen molar-refractivity contribution in [3.05, 3.63) is 24.2 Å². The molecule has 1 heterocycles. The van der Waals surface area contributed by atoms with Crippen molar-refractivity contribution in [1.82, 2.24) is 10.6 Å². The highest BCUT2D eigenvalue weighted by Crippen LogP contribution is 2.08. The van der Waals surface area contributed by atoms with Gasteiger partial charge in [-0.1, -0.05) is 19.8 Å². The van der Waals surface area contributed by atoms with Crippen LogP contribution in [0.25, 0.3) is 0 Å². The fourth-order valence-corrected chi connectivity index (χ4v) is 1.84. The van der Waals surface area contributed by atoms with Crippen molar-refractivity contribution in [3.63, 3.8) is 0 Å². The SMILES string of the molecule is CCCC[C@H](NC(=O)OC(C)(C)C)C(=O)NCc1ccco1. The number of hydrogen-bond donors (Lipinski definition) is 2. The molecule has 0 saturated carbocycles. The lowest BCUT2D eigenvalue weighted by Crippen LogP contribution is -2.48. The van der Waals surface area contributed by atoms with E-state index in [1.165, 1.54) is 0 Å². The molecule has 0 spiro atoms. The van der Waals surface area contributed by atoms with Gasteiger partial charge in [0.15, 0.2) is 0 Å². The fourth-order valence-electron chi connectivity index (χ4n) is 1.84. The first-order valence-electron chi connectivity index (χ1n) is 7.61. The smallest absolute Gasteiger partial charge is 0.408 e. The first-order valence-corrected chi connectivity index (χ1v) is 7.61. The third kappa shape index (κ3) is 7.15. The van der Waals surface area contributed by atoms with Gasteiger partial charge in [0.25, 0.3) is 0 Å². The van der Waals surface area contributed by atoms with Gasteiger partial charge in [-0.2, -0.15) is 0 Å². The largest absolute Gasteiger partial charge is 0.467 e. The molecule has 0 aliphatic rings. The summed E-state index contributed by atoms with van der Waals surface area (Å²) in [7, 11) is 0. The zero-order chi connectivity index (χ0) is 16.6. The summed E-state index contributed by atoms with van der Waals surface area (Å²) in [5, 5.41) is 5.39. The topological polar surface area (TPSA) is 80.6 Å². The van der Waals surface area contributed by atoms with Gasteiger partial charge in [0.1, 0.15) is 17.4 Å². The van der Waals surface area contributed by atoms with E-state index in [9.17, 15) is 9.59 Å². The summed E-state index contributed by atoms with van der Waals surface area (Å²) >= 11 is 0. The van der Waals surface area contributed by atoms with Crippen LogP contribution < -0.4 is 10.6 Å². The van der Waals surface area contributed by atoms with Crippen LogP contribution in [-0.4, -0.2) is 23.6 Å². The van der Waals surface area contributed by atoms with Crippen molar-refractivity contribution in [2.45, 2.75) is 65.1 Å². The molecule has 0 aliphatic carbocycles. The van der Waals surface area contributed by atoms with Crippen molar-refractivity contribution >= 4 is 12.0 Å². The summed E-state index contributed by atoms with van der Waals surface area (Å²) in [6, 6.07) is 2.93. The van der Waals surface area contributed by atoms with Crippen LogP contribution in [-0.2, 0) is 16.1 Å². The maximum absolute atomic E-state index is 12.2. The molecule has 0 fully saturated rings. The Hall–Kier alpha value is -1.98. The minimum Gasteiger partial charge on any atom is -0.467 e. The zero-order valence-electron chi connectivity index (χ0n) is 13.8. The Bertz CT molecular complexity index is 463. The normalized spacial score (nSPS) is 12.5. The van der Waals surface area contributed by atoms with E-state index in [0.717, 1.165) is 12.8 Å². The quantitative estimate of drug-likeness (QED) is 0.811. The zero-order valence-corrected chi connectivity index (χ0v) is 13.8. The number of ether oxygens (including phenoxy) is 1. The lowest BCUT2D eigenvalue weighted by atomic mass is 10.1. The molecule has 1 aromatic rings. The maximum atomic E-state index is 12.2. The van der Waals surface area contributed by atoms with Gasteiger partial charge >= 0.3 is 6.09 Å². The Morgan fingerprint density at radius 3 is 2.64 bits per heavy atom. The molecule has 1 rings (SSSR count). The summed E-state index contributed by atoms with van der Waals surface area (Å²) in [6.07, 6.45) is 3.32. The van der Waals surface area contributed by atoms with Crippen molar-refractivity contribution in [1.29, 1.82) is 0 Å². The van der Waals surface area contributed by atoms with Crippen LogP contribution >= 0.6 is 0 Å². The van der Waals surface area contributed by atoms with Crippen LogP contribution in [0, 0.1) is 0 Å². The predicted molar refractivity (Wildman–Crippen MR) is 83.2 cm³/mol. The van der Waals surface area contributed by atoms with E-state index in [2.05, 4.69) is 10.6 Å². The van der Waals surface area contributed by atoms with E-state index >= 15 is 0 Å². The Morgan fingerprint density at radius 1 is 1.36 bits per heavy atom. The number of rotatable bonds is 7. The molecule has 6 heteroatoms. The highest BCUT2D eigenvalue weighted by molar-refractivity contribution is 5.85. The van der Waals surface area contributed by atoms with Crippen LogP contribution in [0.2, 0.25) is 0 Å². The fraction of sp³-hybridized carbons (Fsp3) is 0.625. The summed E-state index contributed by atoms with van der Waals surface area (Å²) in [4.78, 5) is 24.1. The van der Waals surface area contributed by atoms with E-state index in [1.54, 1.807) is 39.2 Å². The van der Waals surface area contributed by atoms with E-state index in [1.807, 2.05) is 6.92 Å². The number of hydrogen-bond acceptors (Lipinski definition) is 4. The van der Waals surface area contributed by atoms with Gasteiger partial charge < -0.3 is 19.8 Å². The lowest BCUT2D eigenvalue weighted by Gasteiger charge is -2.23. The highest BCUT2D eigenvalue weighted by Gasteiger charge is 2.23. The number of furan rings is 1. The van der Waals surface area contributed by atoms with Crippen LogP contribution in [0.4, 0.5) is 4.79 Å². The Kier molecular flexibility index (Phi) is 6.95. The van der Waals surface area contributed by atoms with Crippen LogP contribution in [0.5, 0.6) is 0 Å². The first kappa shape index (κ1) is 18.1. The van der Waals surface area contributed by atoms with Gasteiger partial charge in [-0.15, -0.1) is 0 Å². The number of amides is 2. The molecule has 2 N–H and O–H groups in total. The van der Waals surface area contributed by atoms with Gasteiger partial charge in [0.2, 0.25) is 5.91 Å². The molecule has 1 atom stereocenters. The van der Waals surface area contributed by atoms with E-state index in [0.29, 0.717) is 18.7 Å². The molecule has 0 saturated heterocycles. The van der Waals surface area contributed by atoms with Gasteiger partial charge in [-0.05, 0) is 39.3 Å². The van der Waals surface area contributed by atoms with Gasteiger partial charge in [0.05, 0.1) is 12.8 Å². The van der Waals surface area contributed by atoms with E-state index < -0.39 is 17.7 Å². The number of alkyl carbamates (subject to hydrolysis) is 1. The third-order valence-corrected chi connectivity index (χ3v) is 2.87. The second-order valence-corrected chi connectivity index (χ2v) is 6.14. The molecule has 124 valence electrons. The standard InChI is InChI=1S/C16H26N2O4/c1-5-6-9-13(18-15(20)22-16(2,3)4)14(19)17-11-12-8-7-10-21-12/h7-8,10,13H,5-6,9,11H2,1-4H3,(H,17,19)(H,18,20)/t13-/m0/s1. The van der Waals surface area contributed by atoms with Crippen LogP contribution in [0.3, 0.4) is 0 Å². The molecule has 0 aliphatic heterocycles. The number of nitrogens with one attached hydrogen (secondary N) is 2. The molecule has 0 bridgehead atoms. The Balaban J connectivity index is 2.54. The van der Waals surface area contributed by atoms with Gasteiger partial charge in [0, 0.05) is 0 Å². The molecule has 0 unspecified atom stereocenters. The number of unbranched alkanes of at least 4 members (excludes halogenated alkanes) is 1. The van der Waals surface area contributed by atoms with Crippen molar-refractivity contribution in [3.8, 4) is 0 Å². The molecule has 6 nitrogen and oxygen atoms in total. The summed E-state index contributed by atoms with van der Waals surface area (Å²) < 4.78 is 10.4. The Labute approximate surface area is 131 Å². The Morgan fingerprint density at radius 2 is 2.09 bits per heavy atom. The molecular weight excluding hydrogens is 284 g/mol. The average Bonchev–Trinajstić information content (AvgIpc) is 2.91. The van der Waals surface area contributed by atoms with Gasteiger partial charge in [-0.25, -0.2) is 4.79 Å². The predicted octanol–water partition coefficient (Wildman–Crippen LogP) is 2.98. The summed E-state index contributed by atoms with van der Waals surface area (Å²) in [5.41, 5.74) is -0.593. The van der Waals surface area contributed by atoms with E-state index in [4.69, 9.17) is 9.15 Å². The molecule has 2 amide bonds. The first-order chi connectivity index (χ1) is 10.3. The molecular formula is C16H26N2O4. The lowest BCUT2D eigenvalue weighted by molar-refractivity contribution is -0.123. The van der Waals surface area contributed by atoms with Gasteiger partial charge in [-0.3, -0.25) is 4.79 Å². The second kappa shape index (κ2) is 8.46. The third-order valence-electron chi connectivity index (χ3n) is 2.87. The maximum Gasteiger partial charge on any atom is 0.408 e. The number of carbonyl (C=O) groups is 2. The van der Waals surface area contributed by atoms with Crippen molar-refractivity contribution < 1.29 is 18.7 Å². The summed E-state index contributed by atoms with van der Waals surface area (Å²) in [5.74, 6) is 0.426. The monoisotopic (exact) mass is 310 g/mol. The molecule has 22 heavy (non-hydrogen) atoms. The molecule has 1 aromatic heterocycles. The van der Waals surface area contributed by atoms with E-state index in [-0.39, 0.29) is 5.91 Å². The average molecular weight is 310 g/mol. The highest BCUT2D eigenvalue weighted by atomic mass is 16.6. The number of carbonyl (C=O) groups excluding carboxylic acids is 2. The second-order valence-electron chi connectivity index (χ2n) is 6.14. The van der Waals surface area contributed by atoms with Crippen molar-refractivity contribution in [2.24, 2.45) is 0 Å². The molecule has 0 radical (unpaired) electrons. The van der Waals surface area contributed by atoms with Crippen LogP contribution in [0.1, 0.15) is 52.7 Å². The van der Waals surface area contributed by atoms with Crippen molar-refractivity contribution in [2.75, 3.05) is 0 Å². The minimum absolute atomic E-state index is 0.240. The minimum atomic E-state index is -0.607. The van der Waals surface area contributed by atoms with Crippen LogP contribution in [0.15, 0.2) is 22.8 Å². The molecule has 0 aromatic carbocycles.